The lowest BCUT2D eigenvalue weighted by molar-refractivity contribution is 0.407. The van der Waals surface area contributed by atoms with Crippen LogP contribution < -0.4 is 11.3 Å². The van der Waals surface area contributed by atoms with Gasteiger partial charge in [-0.05, 0) is 39.3 Å². The molecule has 5 heteroatoms. The van der Waals surface area contributed by atoms with Gasteiger partial charge in [0.25, 0.3) is 5.56 Å². The number of nitrogen functional groups attached to an aromatic ring is 1. The fraction of sp³-hybridized carbons (Fsp3) is 0.417. The van der Waals surface area contributed by atoms with Crippen LogP contribution >= 0.6 is 0 Å². The van der Waals surface area contributed by atoms with E-state index < -0.39 is 0 Å². The Hall–Kier alpha value is -1.91. The summed E-state index contributed by atoms with van der Waals surface area (Å²) in [5.41, 5.74) is 6.70. The molecule has 90 valence electrons. The highest BCUT2D eigenvalue weighted by Crippen LogP contribution is 2.22. The zero-order chi connectivity index (χ0) is 12.8. The van der Waals surface area contributed by atoms with Gasteiger partial charge in [-0.1, -0.05) is 0 Å². The Kier molecular flexibility index (Phi) is 2.41. The number of hydrogen-bond acceptors (Lipinski definition) is 4. The smallest absolute Gasteiger partial charge is 0.284 e. The maximum atomic E-state index is 11.9. The zero-order valence-electron chi connectivity index (χ0n) is 10.5. The Morgan fingerprint density at radius 1 is 1.35 bits per heavy atom. The third kappa shape index (κ3) is 1.77. The minimum Gasteiger partial charge on any atom is -0.369 e. The van der Waals surface area contributed by atoms with Crippen LogP contribution in [0, 0.1) is 6.92 Å². The molecule has 0 atom stereocenters. The fourth-order valence-electron chi connectivity index (χ4n) is 1.96. The van der Waals surface area contributed by atoms with E-state index in [1.807, 2.05) is 27.7 Å². The molecule has 5 nitrogen and oxygen atoms in total. The summed E-state index contributed by atoms with van der Waals surface area (Å²) in [5.74, 6) is 0.202. The number of hydrogen-bond donors (Lipinski definition) is 1. The minimum absolute atomic E-state index is 0.202. The van der Waals surface area contributed by atoms with Gasteiger partial charge in [0.1, 0.15) is 5.65 Å². The first-order valence-electron chi connectivity index (χ1n) is 5.46. The third-order valence-corrected chi connectivity index (χ3v) is 2.68. The summed E-state index contributed by atoms with van der Waals surface area (Å²) in [6.45, 7) is 7.87. The molecule has 0 aliphatic heterocycles. The summed E-state index contributed by atoms with van der Waals surface area (Å²) in [4.78, 5) is 20.0. The Balaban J connectivity index is 3.05. The van der Waals surface area contributed by atoms with Crippen molar-refractivity contribution in [2.24, 2.45) is 0 Å². The highest BCUT2D eigenvalue weighted by atomic mass is 16.1. The molecule has 0 radical (unpaired) electrons. The predicted molar refractivity (Wildman–Crippen MR) is 67.9 cm³/mol. The van der Waals surface area contributed by atoms with Crippen molar-refractivity contribution in [1.82, 2.24) is 14.5 Å². The molecule has 0 saturated carbocycles. The molecule has 2 aromatic rings. The first-order valence-corrected chi connectivity index (χ1v) is 5.46. The van der Waals surface area contributed by atoms with Gasteiger partial charge in [-0.25, -0.2) is 4.98 Å². The number of anilines is 1. The van der Waals surface area contributed by atoms with Crippen molar-refractivity contribution >= 4 is 17.0 Å². The average molecular weight is 232 g/mol. The molecule has 2 heterocycles. The summed E-state index contributed by atoms with van der Waals surface area (Å²) >= 11 is 0. The number of pyridine rings is 1. The second-order valence-corrected chi connectivity index (χ2v) is 5.11. The van der Waals surface area contributed by atoms with Gasteiger partial charge >= 0.3 is 0 Å². The van der Waals surface area contributed by atoms with E-state index in [2.05, 4.69) is 9.97 Å². The van der Waals surface area contributed by atoms with Crippen LogP contribution in [0.1, 0.15) is 26.3 Å². The molecule has 0 bridgehead atoms. The van der Waals surface area contributed by atoms with Crippen LogP contribution in [0.5, 0.6) is 0 Å². The van der Waals surface area contributed by atoms with Crippen molar-refractivity contribution in [3.05, 3.63) is 28.2 Å². The molecule has 0 saturated heterocycles. The van der Waals surface area contributed by atoms with Crippen LogP contribution in [0.3, 0.4) is 0 Å². The molecule has 0 aliphatic rings. The molecular weight excluding hydrogens is 216 g/mol. The quantitative estimate of drug-likeness (QED) is 0.745. The molecule has 17 heavy (non-hydrogen) atoms. The normalized spacial score (nSPS) is 12.0. The van der Waals surface area contributed by atoms with Crippen molar-refractivity contribution in [3.8, 4) is 0 Å². The van der Waals surface area contributed by atoms with Gasteiger partial charge in [-0.15, -0.1) is 0 Å². The van der Waals surface area contributed by atoms with Gasteiger partial charge in [0.15, 0.2) is 0 Å². The van der Waals surface area contributed by atoms with Crippen LogP contribution in [-0.4, -0.2) is 14.5 Å². The number of fused-ring (bicyclic) bond motifs is 1. The van der Waals surface area contributed by atoms with Gasteiger partial charge in [0.2, 0.25) is 5.95 Å². The van der Waals surface area contributed by atoms with Gasteiger partial charge in [-0.2, -0.15) is 4.98 Å². The Morgan fingerprint density at radius 2 is 2.00 bits per heavy atom. The molecule has 0 aromatic carbocycles. The maximum absolute atomic E-state index is 11.9. The van der Waals surface area contributed by atoms with Crippen LogP contribution in [0.4, 0.5) is 5.95 Å². The largest absolute Gasteiger partial charge is 0.369 e. The number of nitrogens with two attached hydrogens (primary N) is 1. The predicted octanol–water partition coefficient (Wildman–Crippen LogP) is 1.44. The summed E-state index contributed by atoms with van der Waals surface area (Å²) in [5, 5.41) is 0.539. The second kappa shape index (κ2) is 3.55. The number of rotatable bonds is 0. The SMILES string of the molecule is Cc1ccnc2c1c(=O)nc(N)n2C(C)(C)C. The van der Waals surface area contributed by atoms with E-state index >= 15 is 0 Å². The first-order chi connectivity index (χ1) is 7.82. The lowest BCUT2D eigenvalue weighted by Gasteiger charge is -2.26. The van der Waals surface area contributed by atoms with Gasteiger partial charge in [-0.3, -0.25) is 9.36 Å². The van der Waals surface area contributed by atoms with E-state index in [0.717, 1.165) is 5.56 Å². The van der Waals surface area contributed by atoms with E-state index in [1.165, 1.54) is 0 Å². The molecule has 2 aromatic heterocycles. The van der Waals surface area contributed by atoms with E-state index in [4.69, 9.17) is 5.73 Å². The summed E-state index contributed by atoms with van der Waals surface area (Å²) in [7, 11) is 0. The number of nitrogens with zero attached hydrogens (tertiary/aromatic N) is 3. The molecular formula is C12H16N4O. The highest BCUT2D eigenvalue weighted by Gasteiger charge is 2.21. The number of aryl methyl sites for hydroxylation is 1. The van der Waals surface area contributed by atoms with Crippen LogP contribution in [0.2, 0.25) is 0 Å². The molecule has 0 spiro atoms. The van der Waals surface area contributed by atoms with Gasteiger partial charge < -0.3 is 5.73 Å². The lowest BCUT2D eigenvalue weighted by atomic mass is 10.1. The Labute approximate surface area is 99.3 Å². The van der Waals surface area contributed by atoms with E-state index in [0.29, 0.717) is 11.0 Å². The molecule has 0 unspecified atom stereocenters. The van der Waals surface area contributed by atoms with Crippen molar-refractivity contribution in [1.29, 1.82) is 0 Å². The number of aromatic nitrogens is 3. The van der Waals surface area contributed by atoms with E-state index in [-0.39, 0.29) is 17.0 Å². The maximum Gasteiger partial charge on any atom is 0.284 e. The zero-order valence-corrected chi connectivity index (χ0v) is 10.5. The topological polar surface area (TPSA) is 73.8 Å². The van der Waals surface area contributed by atoms with Crippen LogP contribution in [0.25, 0.3) is 11.0 Å². The monoisotopic (exact) mass is 232 g/mol. The standard InChI is InChI=1S/C12H16N4O/c1-7-5-6-14-9-8(7)10(17)15-11(13)16(9)12(2,3)4/h5-6H,1-4H3,(H2,13,15,17). The third-order valence-electron chi connectivity index (χ3n) is 2.68. The van der Waals surface area contributed by atoms with E-state index in [1.54, 1.807) is 16.8 Å². The molecule has 0 amide bonds. The van der Waals surface area contributed by atoms with Crippen LogP contribution in [0.15, 0.2) is 17.1 Å². The molecule has 0 aliphatic carbocycles. The summed E-state index contributed by atoms with van der Waals surface area (Å²) in [6.07, 6.45) is 1.68. The Morgan fingerprint density at radius 3 is 2.59 bits per heavy atom. The molecule has 0 fully saturated rings. The summed E-state index contributed by atoms with van der Waals surface area (Å²) < 4.78 is 1.79. The van der Waals surface area contributed by atoms with Crippen molar-refractivity contribution in [3.63, 3.8) is 0 Å². The minimum atomic E-state index is -0.316. The molecule has 2 rings (SSSR count). The summed E-state index contributed by atoms with van der Waals surface area (Å²) in [6, 6.07) is 1.80. The van der Waals surface area contributed by atoms with Crippen molar-refractivity contribution < 1.29 is 0 Å². The van der Waals surface area contributed by atoms with Gasteiger partial charge in [0, 0.05) is 11.7 Å². The second-order valence-electron chi connectivity index (χ2n) is 5.11. The van der Waals surface area contributed by atoms with Gasteiger partial charge in [0.05, 0.1) is 5.39 Å². The van der Waals surface area contributed by atoms with Crippen LogP contribution in [-0.2, 0) is 5.54 Å². The van der Waals surface area contributed by atoms with Crippen molar-refractivity contribution in [2.75, 3.05) is 5.73 Å². The highest BCUT2D eigenvalue weighted by molar-refractivity contribution is 5.79. The fourth-order valence-corrected chi connectivity index (χ4v) is 1.96. The van der Waals surface area contributed by atoms with E-state index in [9.17, 15) is 4.79 Å². The average Bonchev–Trinajstić information content (AvgIpc) is 2.14. The van der Waals surface area contributed by atoms with Crippen molar-refractivity contribution in [2.45, 2.75) is 33.2 Å². The lowest BCUT2D eigenvalue weighted by Crippen LogP contribution is -2.30. The Bertz CT molecular complexity index is 637. The molecule has 2 N–H and O–H groups in total. The first kappa shape index (κ1) is 11.6.